The van der Waals surface area contributed by atoms with Gasteiger partial charge in [0.1, 0.15) is 17.2 Å². The fraction of sp³-hybridized carbons (Fsp3) is 0.240. The summed E-state index contributed by atoms with van der Waals surface area (Å²) in [5.41, 5.74) is 3.52. The molecule has 0 bridgehead atoms. The summed E-state index contributed by atoms with van der Waals surface area (Å²) < 4.78 is 0. The monoisotopic (exact) mass is 408 g/mol. The number of benzene rings is 2. The Bertz CT molecular complexity index is 1010. The molecule has 0 spiro atoms. The van der Waals surface area contributed by atoms with Gasteiger partial charge in [0.25, 0.3) is 0 Å². The Hall–Kier alpha value is -3.31. The number of hydrogen-bond donors (Lipinski definition) is 4. The maximum absolute atomic E-state index is 12.6. The van der Waals surface area contributed by atoms with E-state index in [1.807, 2.05) is 19.9 Å². The maximum atomic E-state index is 12.6. The van der Waals surface area contributed by atoms with Crippen LogP contribution in [0.25, 0.3) is 6.08 Å². The minimum absolute atomic E-state index is 0.0545. The standard InChI is InChI=1S/C25H28O5/c1-15(2)5-8-18-12-20(25(30)14-24(18)29)22(27)10-7-17-6-9-21(26)19(11-17)13-23(28)16(3)4/h5-7,9-12,14,23,26,28-30H,3,8,13H2,1-2,4H3/b10-7+/t23-/m0/s1. The number of aliphatic hydroxyl groups excluding tert-OH is 1. The highest BCUT2D eigenvalue weighted by Gasteiger charge is 2.14. The average molecular weight is 408 g/mol. The molecule has 0 saturated carbocycles. The quantitative estimate of drug-likeness (QED) is 0.289. The molecule has 0 amide bonds. The molecule has 5 nitrogen and oxygen atoms in total. The Morgan fingerprint density at radius 1 is 1.00 bits per heavy atom. The van der Waals surface area contributed by atoms with Gasteiger partial charge >= 0.3 is 0 Å². The lowest BCUT2D eigenvalue weighted by atomic mass is 9.99. The Labute approximate surface area is 177 Å². The van der Waals surface area contributed by atoms with Crippen LogP contribution < -0.4 is 0 Å². The van der Waals surface area contributed by atoms with Crippen LogP contribution in [0.3, 0.4) is 0 Å². The Morgan fingerprint density at radius 3 is 2.33 bits per heavy atom. The lowest BCUT2D eigenvalue weighted by molar-refractivity contribution is 0.104. The molecule has 2 rings (SSSR count). The first-order valence-corrected chi connectivity index (χ1v) is 9.64. The van der Waals surface area contributed by atoms with Crippen LogP contribution in [0.4, 0.5) is 0 Å². The van der Waals surface area contributed by atoms with E-state index in [9.17, 15) is 25.2 Å². The second-order valence-electron chi connectivity index (χ2n) is 7.64. The van der Waals surface area contributed by atoms with Crippen molar-refractivity contribution in [1.82, 2.24) is 0 Å². The molecule has 4 N–H and O–H groups in total. The largest absolute Gasteiger partial charge is 0.508 e. The Balaban J connectivity index is 2.26. The van der Waals surface area contributed by atoms with Gasteiger partial charge in [-0.05, 0) is 68.2 Å². The van der Waals surface area contributed by atoms with Gasteiger partial charge < -0.3 is 20.4 Å². The van der Waals surface area contributed by atoms with E-state index in [1.165, 1.54) is 24.3 Å². The molecule has 1 atom stereocenters. The molecule has 0 aliphatic rings. The van der Waals surface area contributed by atoms with Crippen LogP contribution in [-0.2, 0) is 12.8 Å². The summed E-state index contributed by atoms with van der Waals surface area (Å²) in [6, 6.07) is 7.49. The first kappa shape index (κ1) is 23.0. The number of carbonyl (C=O) groups excluding carboxylic acids is 1. The van der Waals surface area contributed by atoms with Crippen LogP contribution in [-0.4, -0.2) is 32.3 Å². The number of phenolic OH excluding ortho intramolecular Hbond substituents is 3. The summed E-state index contributed by atoms with van der Waals surface area (Å²) in [6.45, 7) is 9.29. The number of ketones is 1. The van der Waals surface area contributed by atoms with Crippen molar-refractivity contribution in [3.8, 4) is 17.2 Å². The summed E-state index contributed by atoms with van der Waals surface area (Å²) in [5.74, 6) is -0.717. The zero-order valence-corrected chi connectivity index (χ0v) is 17.5. The van der Waals surface area contributed by atoms with Crippen molar-refractivity contribution in [2.45, 2.75) is 39.7 Å². The number of rotatable bonds is 8. The molecule has 158 valence electrons. The van der Waals surface area contributed by atoms with E-state index in [-0.39, 0.29) is 29.2 Å². The third kappa shape index (κ3) is 6.09. The SMILES string of the molecule is C=C(C)[C@@H](O)Cc1cc(/C=C/C(=O)c2cc(CC=C(C)C)c(O)cc2O)ccc1O. The molecule has 0 radical (unpaired) electrons. The summed E-state index contributed by atoms with van der Waals surface area (Å²) in [7, 11) is 0. The molecular formula is C25H28O5. The predicted molar refractivity (Wildman–Crippen MR) is 119 cm³/mol. The van der Waals surface area contributed by atoms with Gasteiger partial charge in [0.05, 0.1) is 11.7 Å². The zero-order valence-electron chi connectivity index (χ0n) is 17.5. The average Bonchev–Trinajstić information content (AvgIpc) is 2.67. The van der Waals surface area contributed by atoms with Crippen LogP contribution in [0.5, 0.6) is 17.2 Å². The number of carbonyl (C=O) groups is 1. The molecule has 0 saturated heterocycles. The number of phenols is 3. The smallest absolute Gasteiger partial charge is 0.189 e. The molecule has 0 unspecified atom stereocenters. The van der Waals surface area contributed by atoms with Crippen molar-refractivity contribution in [3.63, 3.8) is 0 Å². The number of allylic oxidation sites excluding steroid dienone is 3. The topological polar surface area (TPSA) is 98.0 Å². The highest BCUT2D eigenvalue weighted by molar-refractivity contribution is 6.08. The third-order valence-electron chi connectivity index (χ3n) is 4.71. The van der Waals surface area contributed by atoms with Crippen LogP contribution in [0, 0.1) is 0 Å². The van der Waals surface area contributed by atoms with E-state index in [0.29, 0.717) is 28.7 Å². The van der Waals surface area contributed by atoms with Gasteiger partial charge in [-0.2, -0.15) is 0 Å². The van der Waals surface area contributed by atoms with E-state index in [1.54, 1.807) is 25.1 Å². The molecular weight excluding hydrogens is 380 g/mol. The molecule has 0 aliphatic carbocycles. The first-order chi connectivity index (χ1) is 14.1. The van der Waals surface area contributed by atoms with Gasteiger partial charge in [-0.15, -0.1) is 0 Å². The summed E-state index contributed by atoms with van der Waals surface area (Å²) in [5, 5.41) is 40.1. The normalized spacial score (nSPS) is 12.0. The van der Waals surface area contributed by atoms with E-state index >= 15 is 0 Å². The van der Waals surface area contributed by atoms with Crippen molar-refractivity contribution in [2.75, 3.05) is 0 Å². The Kier molecular flexibility index (Phi) is 7.61. The van der Waals surface area contributed by atoms with Gasteiger partial charge in [-0.25, -0.2) is 0 Å². The van der Waals surface area contributed by atoms with Crippen molar-refractivity contribution < 1.29 is 25.2 Å². The number of hydrogen-bond acceptors (Lipinski definition) is 5. The van der Waals surface area contributed by atoms with Gasteiger partial charge in [-0.1, -0.05) is 35.9 Å². The van der Waals surface area contributed by atoms with E-state index in [0.717, 1.165) is 5.57 Å². The van der Waals surface area contributed by atoms with Gasteiger partial charge in [-0.3, -0.25) is 4.79 Å². The van der Waals surface area contributed by atoms with E-state index in [4.69, 9.17) is 0 Å². The minimum Gasteiger partial charge on any atom is -0.508 e. The summed E-state index contributed by atoms with van der Waals surface area (Å²) in [6.07, 6.45) is 4.70. The molecule has 30 heavy (non-hydrogen) atoms. The van der Waals surface area contributed by atoms with Crippen molar-refractivity contribution in [1.29, 1.82) is 0 Å². The number of aromatic hydroxyl groups is 3. The summed E-state index contributed by atoms with van der Waals surface area (Å²) >= 11 is 0. The second-order valence-corrected chi connectivity index (χ2v) is 7.64. The van der Waals surface area contributed by atoms with Crippen LogP contribution in [0.15, 0.2) is 60.2 Å². The van der Waals surface area contributed by atoms with Crippen LogP contribution in [0.2, 0.25) is 0 Å². The Morgan fingerprint density at radius 2 is 1.70 bits per heavy atom. The van der Waals surface area contributed by atoms with E-state index in [2.05, 4.69) is 6.58 Å². The highest BCUT2D eigenvalue weighted by atomic mass is 16.3. The molecule has 0 heterocycles. The zero-order chi connectivity index (χ0) is 22.4. The molecule has 0 fully saturated rings. The number of aliphatic hydroxyl groups is 1. The third-order valence-corrected chi connectivity index (χ3v) is 4.71. The van der Waals surface area contributed by atoms with Crippen molar-refractivity contribution >= 4 is 11.9 Å². The second kappa shape index (κ2) is 9.94. The molecule has 2 aromatic rings. The fourth-order valence-electron chi connectivity index (χ4n) is 2.81. The lowest BCUT2D eigenvalue weighted by Crippen LogP contribution is -2.11. The summed E-state index contributed by atoms with van der Waals surface area (Å²) in [4.78, 5) is 12.6. The van der Waals surface area contributed by atoms with E-state index < -0.39 is 11.9 Å². The molecule has 2 aromatic carbocycles. The first-order valence-electron chi connectivity index (χ1n) is 9.64. The van der Waals surface area contributed by atoms with Gasteiger partial charge in [0.2, 0.25) is 0 Å². The van der Waals surface area contributed by atoms with Crippen LogP contribution in [0.1, 0.15) is 47.8 Å². The minimum atomic E-state index is -0.773. The van der Waals surface area contributed by atoms with Gasteiger partial charge in [0.15, 0.2) is 5.78 Å². The molecule has 0 aromatic heterocycles. The predicted octanol–water partition coefficient (Wildman–Crippen LogP) is 4.69. The molecule has 5 heteroatoms. The van der Waals surface area contributed by atoms with Crippen LogP contribution >= 0.6 is 0 Å². The van der Waals surface area contributed by atoms with Crippen molar-refractivity contribution in [3.05, 3.63) is 82.5 Å². The maximum Gasteiger partial charge on any atom is 0.189 e. The fourth-order valence-corrected chi connectivity index (χ4v) is 2.81. The molecule has 0 aliphatic heterocycles. The van der Waals surface area contributed by atoms with Gasteiger partial charge in [0, 0.05) is 12.5 Å². The highest BCUT2D eigenvalue weighted by Crippen LogP contribution is 2.29. The lowest BCUT2D eigenvalue weighted by Gasteiger charge is -2.12. The van der Waals surface area contributed by atoms with Crippen molar-refractivity contribution in [2.24, 2.45) is 0 Å².